The lowest BCUT2D eigenvalue weighted by molar-refractivity contribution is 0.575. The van der Waals surface area contributed by atoms with Gasteiger partial charge in [-0.15, -0.1) is 16.7 Å². The van der Waals surface area contributed by atoms with E-state index in [0.29, 0.717) is 10.7 Å². The molecule has 1 aromatic carbocycles. The van der Waals surface area contributed by atoms with Crippen molar-refractivity contribution in [3.05, 3.63) is 41.2 Å². The molecule has 2 aromatic rings. The fourth-order valence-electron chi connectivity index (χ4n) is 1.48. The van der Waals surface area contributed by atoms with Crippen LogP contribution in [0.3, 0.4) is 0 Å². The van der Waals surface area contributed by atoms with Gasteiger partial charge < -0.3 is 0 Å². The van der Waals surface area contributed by atoms with Crippen molar-refractivity contribution in [3.8, 4) is 0 Å². The van der Waals surface area contributed by atoms with Crippen molar-refractivity contribution in [1.82, 2.24) is 15.0 Å². The van der Waals surface area contributed by atoms with Gasteiger partial charge in [0, 0.05) is 11.2 Å². The van der Waals surface area contributed by atoms with E-state index in [1.165, 1.54) is 16.8 Å². The number of hydrogen-bond acceptors (Lipinski definition) is 4. The highest BCUT2D eigenvalue weighted by atomic mass is 35.5. The Kier molecular flexibility index (Phi) is 4.44. The second kappa shape index (κ2) is 5.90. The van der Waals surface area contributed by atoms with Gasteiger partial charge in [0.1, 0.15) is 0 Å². The van der Waals surface area contributed by atoms with Gasteiger partial charge in [-0.2, -0.15) is 0 Å². The fourth-order valence-corrected chi connectivity index (χ4v) is 2.94. The number of benzene rings is 1. The van der Waals surface area contributed by atoms with E-state index in [9.17, 15) is 8.42 Å². The Morgan fingerprint density at radius 1 is 1.21 bits per heavy atom. The largest absolute Gasteiger partial charge is 0.251 e. The molecule has 0 unspecified atom stereocenters. The molecule has 0 saturated heterocycles. The Labute approximate surface area is 121 Å². The van der Waals surface area contributed by atoms with Crippen LogP contribution in [0.25, 0.3) is 0 Å². The summed E-state index contributed by atoms with van der Waals surface area (Å²) in [7, 11) is -3.35. The lowest BCUT2D eigenvalue weighted by atomic mass is 10.4. The minimum Gasteiger partial charge on any atom is -0.251 e. The lowest BCUT2D eigenvalue weighted by Gasteiger charge is -2.04. The zero-order chi connectivity index (χ0) is 13.9. The summed E-state index contributed by atoms with van der Waals surface area (Å²) in [5.74, 6) is 0.198. The van der Waals surface area contributed by atoms with E-state index in [1.807, 2.05) is 0 Å². The number of nitrogens with zero attached hydrogens (tertiary/aromatic N) is 3. The van der Waals surface area contributed by atoms with Gasteiger partial charge in [-0.05, 0) is 24.3 Å². The van der Waals surface area contributed by atoms with Crippen LogP contribution in [0.15, 0.2) is 35.4 Å². The van der Waals surface area contributed by atoms with Crippen LogP contribution in [-0.4, -0.2) is 29.2 Å². The van der Waals surface area contributed by atoms with Crippen molar-refractivity contribution < 1.29 is 8.42 Å². The zero-order valence-electron chi connectivity index (χ0n) is 9.83. The van der Waals surface area contributed by atoms with Crippen LogP contribution in [0.5, 0.6) is 0 Å². The van der Waals surface area contributed by atoms with E-state index in [0.717, 1.165) is 0 Å². The summed E-state index contributed by atoms with van der Waals surface area (Å²) >= 11 is 11.3. The topological polar surface area (TPSA) is 64.8 Å². The molecule has 1 heterocycles. The fraction of sp³-hybridized carbons (Fsp3) is 0.273. The summed E-state index contributed by atoms with van der Waals surface area (Å²) in [6.45, 7) is 0.231. The van der Waals surface area contributed by atoms with E-state index in [-0.39, 0.29) is 23.1 Å². The smallest absolute Gasteiger partial charge is 0.180 e. The molecule has 0 N–H and O–H groups in total. The van der Waals surface area contributed by atoms with Crippen molar-refractivity contribution in [2.24, 2.45) is 0 Å². The molecular formula is C11H11Cl2N3O2S. The molecule has 0 amide bonds. The summed E-state index contributed by atoms with van der Waals surface area (Å²) < 4.78 is 25.6. The summed E-state index contributed by atoms with van der Waals surface area (Å²) in [5.41, 5.74) is 0.616. The molecule has 0 radical (unpaired) electrons. The number of alkyl halides is 1. The molecule has 102 valence electrons. The number of rotatable bonds is 5. The molecule has 1 aromatic heterocycles. The maximum absolute atomic E-state index is 12.1. The van der Waals surface area contributed by atoms with Gasteiger partial charge in [0.15, 0.2) is 9.84 Å². The third-order valence-corrected chi connectivity index (χ3v) is 4.72. The predicted octanol–water partition coefficient (Wildman–Crippen LogP) is 2.14. The maximum Gasteiger partial charge on any atom is 0.180 e. The van der Waals surface area contributed by atoms with E-state index in [2.05, 4.69) is 10.3 Å². The highest BCUT2D eigenvalue weighted by molar-refractivity contribution is 7.91. The van der Waals surface area contributed by atoms with Crippen LogP contribution in [-0.2, 0) is 22.3 Å². The standard InChI is InChI=1S/C11H11Cl2N3O2S/c12-7-10-8-16(15-14-10)5-6-19(17,18)11-3-1-9(13)2-4-11/h1-4,8H,5-7H2. The Bertz CT molecular complexity index is 653. The van der Waals surface area contributed by atoms with Gasteiger partial charge in [-0.3, -0.25) is 4.68 Å². The van der Waals surface area contributed by atoms with Crippen LogP contribution in [0.2, 0.25) is 5.02 Å². The van der Waals surface area contributed by atoms with Gasteiger partial charge in [0.2, 0.25) is 0 Å². The van der Waals surface area contributed by atoms with Crippen molar-refractivity contribution in [2.75, 3.05) is 5.75 Å². The third-order valence-electron chi connectivity index (χ3n) is 2.48. The van der Waals surface area contributed by atoms with Crippen LogP contribution in [0.1, 0.15) is 5.69 Å². The average Bonchev–Trinajstić information content (AvgIpc) is 2.85. The van der Waals surface area contributed by atoms with Gasteiger partial charge in [0.05, 0.1) is 28.8 Å². The minimum absolute atomic E-state index is 0.0558. The van der Waals surface area contributed by atoms with E-state index >= 15 is 0 Å². The molecule has 0 aliphatic carbocycles. The van der Waals surface area contributed by atoms with Crippen LogP contribution in [0.4, 0.5) is 0 Å². The second-order valence-electron chi connectivity index (χ2n) is 3.88. The number of hydrogen-bond donors (Lipinski definition) is 0. The molecule has 5 nitrogen and oxygen atoms in total. The first-order valence-corrected chi connectivity index (χ1v) is 8.01. The monoisotopic (exact) mass is 319 g/mol. The SMILES string of the molecule is O=S(=O)(CCn1cc(CCl)nn1)c1ccc(Cl)cc1. The third kappa shape index (κ3) is 3.68. The second-order valence-corrected chi connectivity index (χ2v) is 6.69. The zero-order valence-corrected chi connectivity index (χ0v) is 12.2. The summed E-state index contributed by atoms with van der Waals surface area (Å²) in [6.07, 6.45) is 1.63. The Morgan fingerprint density at radius 2 is 1.89 bits per heavy atom. The average molecular weight is 320 g/mol. The molecule has 0 aliphatic heterocycles. The Balaban J connectivity index is 2.07. The van der Waals surface area contributed by atoms with Gasteiger partial charge in [-0.1, -0.05) is 16.8 Å². The molecular weight excluding hydrogens is 309 g/mol. The Morgan fingerprint density at radius 3 is 2.47 bits per heavy atom. The van der Waals surface area contributed by atoms with Crippen molar-refractivity contribution in [3.63, 3.8) is 0 Å². The number of aromatic nitrogens is 3. The molecule has 0 aliphatic rings. The molecule has 19 heavy (non-hydrogen) atoms. The molecule has 0 spiro atoms. The highest BCUT2D eigenvalue weighted by Crippen LogP contribution is 2.15. The van der Waals surface area contributed by atoms with Crippen molar-refractivity contribution >= 4 is 33.0 Å². The number of sulfone groups is 1. The van der Waals surface area contributed by atoms with Crippen LogP contribution in [0, 0.1) is 0 Å². The molecule has 0 bridgehead atoms. The summed E-state index contributed by atoms with van der Waals surface area (Å²) in [6, 6.07) is 6.08. The predicted molar refractivity (Wildman–Crippen MR) is 73.1 cm³/mol. The van der Waals surface area contributed by atoms with Gasteiger partial charge in [0.25, 0.3) is 0 Å². The molecule has 2 rings (SSSR count). The molecule has 0 fully saturated rings. The summed E-state index contributed by atoms with van der Waals surface area (Å²) in [5, 5.41) is 8.08. The highest BCUT2D eigenvalue weighted by Gasteiger charge is 2.14. The lowest BCUT2D eigenvalue weighted by Crippen LogP contribution is -2.13. The molecule has 0 saturated carbocycles. The maximum atomic E-state index is 12.1. The first-order chi connectivity index (χ1) is 9.01. The molecule has 8 heteroatoms. The first-order valence-electron chi connectivity index (χ1n) is 5.44. The number of aryl methyl sites for hydroxylation is 1. The van der Waals surface area contributed by atoms with Crippen molar-refractivity contribution in [1.29, 1.82) is 0 Å². The van der Waals surface area contributed by atoms with Crippen molar-refractivity contribution in [2.45, 2.75) is 17.3 Å². The van der Waals surface area contributed by atoms with Crippen LogP contribution < -0.4 is 0 Å². The van der Waals surface area contributed by atoms with Crippen LogP contribution >= 0.6 is 23.2 Å². The van der Waals surface area contributed by atoms with E-state index in [4.69, 9.17) is 23.2 Å². The summed E-state index contributed by atoms with van der Waals surface area (Å²) in [4.78, 5) is 0.245. The van der Waals surface area contributed by atoms with E-state index < -0.39 is 9.84 Å². The van der Waals surface area contributed by atoms with Gasteiger partial charge >= 0.3 is 0 Å². The van der Waals surface area contributed by atoms with E-state index in [1.54, 1.807) is 18.3 Å². The normalized spacial score (nSPS) is 11.7. The quantitative estimate of drug-likeness (QED) is 0.792. The van der Waals surface area contributed by atoms with Gasteiger partial charge in [-0.25, -0.2) is 8.42 Å². The minimum atomic E-state index is -3.35. The first kappa shape index (κ1) is 14.3. The number of halogens is 2. The molecule has 0 atom stereocenters. The Hall–Kier alpha value is -1.11.